The maximum absolute atomic E-state index is 12.4. The van der Waals surface area contributed by atoms with E-state index in [1.165, 1.54) is 6.42 Å². The van der Waals surface area contributed by atoms with Gasteiger partial charge in [0.1, 0.15) is 5.75 Å². The Morgan fingerprint density at radius 1 is 1.38 bits per heavy atom. The molecule has 1 atom stereocenters. The van der Waals surface area contributed by atoms with Gasteiger partial charge in [-0.2, -0.15) is 0 Å². The van der Waals surface area contributed by atoms with Gasteiger partial charge in [0.05, 0.1) is 13.2 Å². The molecule has 0 saturated carbocycles. The molecule has 2 rings (SSSR count). The maximum Gasteiger partial charge on any atom is 0.236 e. The highest BCUT2D eigenvalue weighted by Gasteiger charge is 2.21. The zero-order chi connectivity index (χ0) is 16.7. The number of hydrogen-bond donors (Lipinski definition) is 1. The second-order valence-electron chi connectivity index (χ2n) is 6.19. The number of hydrogen-bond acceptors (Lipinski definition) is 4. The van der Waals surface area contributed by atoms with E-state index in [1.807, 2.05) is 45.3 Å². The molecule has 1 amide bonds. The fourth-order valence-corrected chi connectivity index (χ4v) is 2.97. The third kappa shape index (κ3) is 6.30. The van der Waals surface area contributed by atoms with Crippen molar-refractivity contribution in [2.24, 2.45) is 0 Å². The minimum Gasteiger partial charge on any atom is -0.494 e. The fourth-order valence-electron chi connectivity index (χ4n) is 2.97. The molecule has 1 saturated heterocycles. The van der Waals surface area contributed by atoms with Crippen molar-refractivity contribution >= 4 is 18.3 Å². The second-order valence-corrected chi connectivity index (χ2v) is 6.19. The first kappa shape index (κ1) is 20.7. The summed E-state index contributed by atoms with van der Waals surface area (Å²) in [5.41, 5.74) is 1.12. The molecule has 1 heterocycles. The number of piperidine rings is 1. The summed E-state index contributed by atoms with van der Waals surface area (Å²) in [5, 5.41) is 3.31. The van der Waals surface area contributed by atoms with Gasteiger partial charge in [-0.05, 0) is 51.1 Å². The minimum absolute atomic E-state index is 0. The summed E-state index contributed by atoms with van der Waals surface area (Å²) in [7, 11) is 3.87. The van der Waals surface area contributed by atoms with Crippen LogP contribution in [0.15, 0.2) is 24.3 Å². The fraction of sp³-hybridized carbons (Fsp3) is 0.611. The van der Waals surface area contributed by atoms with Crippen LogP contribution in [-0.2, 0) is 11.3 Å². The summed E-state index contributed by atoms with van der Waals surface area (Å²) in [4.78, 5) is 16.5. The van der Waals surface area contributed by atoms with Crippen molar-refractivity contribution in [1.29, 1.82) is 0 Å². The smallest absolute Gasteiger partial charge is 0.236 e. The number of amides is 1. The molecule has 1 fully saturated rings. The van der Waals surface area contributed by atoms with E-state index in [1.54, 1.807) is 4.90 Å². The number of ether oxygens (including phenoxy) is 1. The number of nitrogens with zero attached hydrogens (tertiary/aromatic N) is 2. The number of rotatable bonds is 7. The quantitative estimate of drug-likeness (QED) is 0.814. The van der Waals surface area contributed by atoms with Gasteiger partial charge in [0.15, 0.2) is 0 Å². The number of likely N-dealkylation sites (tertiary alicyclic amines) is 1. The standard InChI is InChI=1S/C18H29N3O2.ClH/c1-4-23-17-9-7-15(8-10-17)12-20(3)18(22)14-21-11-5-6-16(13-21)19-2;/h7-10,16,19H,4-6,11-14H2,1-3H3;1H. The largest absolute Gasteiger partial charge is 0.494 e. The van der Waals surface area contributed by atoms with Crippen LogP contribution >= 0.6 is 12.4 Å². The molecule has 6 heteroatoms. The topological polar surface area (TPSA) is 44.8 Å². The lowest BCUT2D eigenvalue weighted by Crippen LogP contribution is -2.48. The van der Waals surface area contributed by atoms with Gasteiger partial charge in [-0.3, -0.25) is 9.69 Å². The summed E-state index contributed by atoms with van der Waals surface area (Å²) >= 11 is 0. The minimum atomic E-state index is 0. The molecule has 1 aliphatic rings. The van der Waals surface area contributed by atoms with Crippen molar-refractivity contribution in [3.63, 3.8) is 0 Å². The van der Waals surface area contributed by atoms with Gasteiger partial charge >= 0.3 is 0 Å². The van der Waals surface area contributed by atoms with Crippen molar-refractivity contribution in [2.45, 2.75) is 32.4 Å². The summed E-state index contributed by atoms with van der Waals surface area (Å²) in [5.74, 6) is 1.05. The van der Waals surface area contributed by atoms with E-state index in [2.05, 4.69) is 10.2 Å². The van der Waals surface area contributed by atoms with E-state index >= 15 is 0 Å². The lowest BCUT2D eigenvalue weighted by molar-refractivity contribution is -0.132. The first-order valence-electron chi connectivity index (χ1n) is 8.47. The van der Waals surface area contributed by atoms with Crippen LogP contribution in [0.5, 0.6) is 5.75 Å². The third-order valence-electron chi connectivity index (χ3n) is 4.35. The van der Waals surface area contributed by atoms with Crippen LogP contribution in [0, 0.1) is 0 Å². The van der Waals surface area contributed by atoms with Crippen LogP contribution in [0.4, 0.5) is 0 Å². The highest BCUT2D eigenvalue weighted by atomic mass is 35.5. The van der Waals surface area contributed by atoms with E-state index in [4.69, 9.17) is 4.74 Å². The van der Waals surface area contributed by atoms with Crippen molar-refractivity contribution in [3.05, 3.63) is 29.8 Å². The van der Waals surface area contributed by atoms with Crippen LogP contribution < -0.4 is 10.1 Å². The molecule has 1 aromatic carbocycles. The lowest BCUT2D eigenvalue weighted by atomic mass is 10.1. The molecule has 136 valence electrons. The lowest BCUT2D eigenvalue weighted by Gasteiger charge is -2.33. The average molecular weight is 356 g/mol. The number of benzene rings is 1. The Bertz CT molecular complexity index is 496. The van der Waals surface area contributed by atoms with Crippen LogP contribution in [-0.4, -0.2) is 62.1 Å². The first-order chi connectivity index (χ1) is 11.1. The maximum atomic E-state index is 12.4. The average Bonchev–Trinajstić information content (AvgIpc) is 2.57. The van der Waals surface area contributed by atoms with Gasteiger partial charge in [-0.25, -0.2) is 0 Å². The molecule has 0 bridgehead atoms. The molecule has 0 radical (unpaired) electrons. The van der Waals surface area contributed by atoms with Crippen molar-refractivity contribution < 1.29 is 9.53 Å². The first-order valence-corrected chi connectivity index (χ1v) is 8.47. The molecule has 0 aromatic heterocycles. The van der Waals surface area contributed by atoms with E-state index in [9.17, 15) is 4.79 Å². The SMILES string of the molecule is CCOc1ccc(CN(C)C(=O)CN2CCCC(NC)C2)cc1.Cl. The third-order valence-corrected chi connectivity index (χ3v) is 4.35. The molecule has 24 heavy (non-hydrogen) atoms. The van der Waals surface area contributed by atoms with Crippen LogP contribution in [0.1, 0.15) is 25.3 Å². The van der Waals surface area contributed by atoms with Gasteiger partial charge in [0.25, 0.3) is 0 Å². The predicted molar refractivity (Wildman–Crippen MR) is 99.9 cm³/mol. The Kier molecular flexibility index (Phi) is 9.11. The Balaban J connectivity index is 0.00000288. The zero-order valence-corrected chi connectivity index (χ0v) is 15.8. The van der Waals surface area contributed by atoms with Gasteiger partial charge < -0.3 is 15.0 Å². The molecule has 1 aromatic rings. The Morgan fingerprint density at radius 2 is 2.08 bits per heavy atom. The monoisotopic (exact) mass is 355 g/mol. The van der Waals surface area contributed by atoms with Crippen molar-refractivity contribution in [1.82, 2.24) is 15.1 Å². The molecule has 1 aliphatic heterocycles. The summed E-state index contributed by atoms with van der Waals surface area (Å²) in [6, 6.07) is 8.46. The van der Waals surface area contributed by atoms with Gasteiger partial charge in [-0.1, -0.05) is 12.1 Å². The van der Waals surface area contributed by atoms with Crippen LogP contribution in [0.3, 0.4) is 0 Å². The molecule has 5 nitrogen and oxygen atoms in total. The molecule has 0 spiro atoms. The number of likely N-dealkylation sites (N-methyl/N-ethyl adjacent to an activating group) is 2. The van der Waals surface area contributed by atoms with Crippen molar-refractivity contribution in [3.8, 4) is 5.75 Å². The molecular weight excluding hydrogens is 326 g/mol. The van der Waals surface area contributed by atoms with Gasteiger partial charge in [-0.15, -0.1) is 12.4 Å². The van der Waals surface area contributed by atoms with Crippen LogP contribution in [0.2, 0.25) is 0 Å². The van der Waals surface area contributed by atoms with E-state index < -0.39 is 0 Å². The zero-order valence-electron chi connectivity index (χ0n) is 15.0. The van der Waals surface area contributed by atoms with E-state index in [0.29, 0.717) is 25.7 Å². The number of nitrogens with one attached hydrogen (secondary N) is 1. The Morgan fingerprint density at radius 3 is 2.71 bits per heavy atom. The normalized spacial score (nSPS) is 17.9. The van der Waals surface area contributed by atoms with E-state index in [-0.39, 0.29) is 18.3 Å². The Labute approximate surface area is 151 Å². The number of carbonyl (C=O) groups is 1. The number of carbonyl (C=O) groups excluding carboxylic acids is 1. The highest BCUT2D eigenvalue weighted by Crippen LogP contribution is 2.14. The molecule has 1 N–H and O–H groups in total. The summed E-state index contributed by atoms with van der Waals surface area (Å²) < 4.78 is 5.44. The van der Waals surface area contributed by atoms with Gasteiger partial charge in [0.2, 0.25) is 5.91 Å². The van der Waals surface area contributed by atoms with Gasteiger partial charge in [0, 0.05) is 26.2 Å². The summed E-state index contributed by atoms with van der Waals surface area (Å²) in [6.45, 7) is 5.75. The predicted octanol–water partition coefficient (Wildman–Crippen LogP) is 2.15. The highest BCUT2D eigenvalue weighted by molar-refractivity contribution is 5.85. The second kappa shape index (κ2) is 10.5. The van der Waals surface area contributed by atoms with E-state index in [0.717, 1.165) is 30.8 Å². The Hall–Kier alpha value is -1.30. The van der Waals surface area contributed by atoms with Crippen LogP contribution in [0.25, 0.3) is 0 Å². The molecular formula is C18H30ClN3O2. The number of halogens is 1. The molecule has 1 unspecified atom stereocenters. The van der Waals surface area contributed by atoms with Crippen molar-refractivity contribution in [2.75, 3.05) is 40.3 Å². The summed E-state index contributed by atoms with van der Waals surface area (Å²) in [6.07, 6.45) is 2.35. The molecule has 0 aliphatic carbocycles.